The number of allylic oxidation sites excluding steroid dienone is 4. The molecule has 1 spiro atoms. The van der Waals surface area contributed by atoms with Gasteiger partial charge in [-0.05, 0) is 105 Å². The van der Waals surface area contributed by atoms with Crippen molar-refractivity contribution in [2.75, 3.05) is 4.90 Å². The van der Waals surface area contributed by atoms with Crippen LogP contribution in [0.2, 0.25) is 0 Å². The van der Waals surface area contributed by atoms with Crippen LogP contribution in [0.5, 0.6) is 0 Å². The van der Waals surface area contributed by atoms with Crippen molar-refractivity contribution >= 4 is 38.4 Å². The Hall–Kier alpha value is -5.70. The number of thiophene rings is 1. The van der Waals surface area contributed by atoms with Gasteiger partial charge >= 0.3 is 0 Å². The molecule has 7 aromatic rings. The Labute approximate surface area is 304 Å². The maximum absolute atomic E-state index is 4.49. The van der Waals surface area contributed by atoms with Crippen LogP contribution in [-0.4, -0.2) is 0 Å². The summed E-state index contributed by atoms with van der Waals surface area (Å²) in [5, 5.41) is 1.34. The van der Waals surface area contributed by atoms with Gasteiger partial charge in [-0.2, -0.15) is 0 Å². The molecule has 1 aromatic heterocycles. The van der Waals surface area contributed by atoms with Gasteiger partial charge in [-0.25, -0.2) is 0 Å². The Morgan fingerprint density at radius 1 is 0.608 bits per heavy atom. The number of para-hydroxylation sites is 1. The van der Waals surface area contributed by atoms with Gasteiger partial charge in [0.2, 0.25) is 0 Å². The van der Waals surface area contributed by atoms with Crippen LogP contribution in [0.3, 0.4) is 0 Å². The zero-order valence-electron chi connectivity index (χ0n) is 29.1. The van der Waals surface area contributed by atoms with Crippen molar-refractivity contribution in [1.29, 1.82) is 0 Å². The molecule has 0 aliphatic heterocycles. The van der Waals surface area contributed by atoms with Gasteiger partial charge in [-0.15, -0.1) is 11.3 Å². The fourth-order valence-corrected chi connectivity index (χ4v) is 10.9. The third-order valence-electron chi connectivity index (χ3n) is 11.7. The van der Waals surface area contributed by atoms with Crippen molar-refractivity contribution < 1.29 is 0 Å². The smallest absolute Gasteiger partial charge is 0.0816 e. The van der Waals surface area contributed by atoms with Crippen LogP contribution in [0.1, 0.15) is 53.5 Å². The molecule has 244 valence electrons. The molecule has 0 amide bonds. The van der Waals surface area contributed by atoms with E-state index in [1.54, 1.807) is 0 Å². The fraction of sp³-hybridized carbons (Fsp3) is 0.102. The number of hydrogen-bond acceptors (Lipinski definition) is 2. The van der Waals surface area contributed by atoms with Gasteiger partial charge in [0.15, 0.2) is 0 Å². The standard InChI is InChI=1S/C49H37NS/c1-5-32(50(33-17-7-6-8-18-33)34-27-28-37-36-20-10-13-23-40(36)48(3,4)44(37)30-34)29-43-31(2)35-19-9-14-24-41(35)49(43)42-25-15-11-21-38(42)46-39-22-12-16-26-45(39)51-47(46)49/h5-30H,1H2,2-4H3/b32-29+. The van der Waals surface area contributed by atoms with Gasteiger partial charge in [0, 0.05) is 43.0 Å². The van der Waals surface area contributed by atoms with Crippen LogP contribution in [-0.2, 0) is 10.8 Å². The molecular formula is C49H37NS. The summed E-state index contributed by atoms with van der Waals surface area (Å²) in [4.78, 5) is 3.81. The monoisotopic (exact) mass is 671 g/mol. The molecule has 1 heterocycles. The largest absolute Gasteiger partial charge is 0.311 e. The normalized spacial score (nSPS) is 17.7. The summed E-state index contributed by atoms with van der Waals surface area (Å²) in [6.45, 7) is 11.5. The molecule has 6 aromatic carbocycles. The lowest BCUT2D eigenvalue weighted by molar-refractivity contribution is 0.660. The van der Waals surface area contributed by atoms with Gasteiger partial charge in [0.05, 0.1) is 5.41 Å². The van der Waals surface area contributed by atoms with Gasteiger partial charge in [0.1, 0.15) is 0 Å². The molecule has 0 saturated heterocycles. The minimum absolute atomic E-state index is 0.107. The van der Waals surface area contributed by atoms with Gasteiger partial charge in [-0.3, -0.25) is 0 Å². The third kappa shape index (κ3) is 3.97. The van der Waals surface area contributed by atoms with E-state index in [0.29, 0.717) is 0 Å². The average Bonchev–Trinajstić information content (AvgIpc) is 3.84. The number of fused-ring (bicyclic) bond motifs is 12. The van der Waals surface area contributed by atoms with Crippen LogP contribution in [0.25, 0.3) is 37.9 Å². The minimum Gasteiger partial charge on any atom is -0.311 e. The lowest BCUT2D eigenvalue weighted by Crippen LogP contribution is -2.27. The molecule has 51 heavy (non-hydrogen) atoms. The third-order valence-corrected chi connectivity index (χ3v) is 13.0. The van der Waals surface area contributed by atoms with Crippen molar-refractivity contribution in [3.8, 4) is 22.3 Å². The van der Waals surface area contributed by atoms with Crippen LogP contribution >= 0.6 is 11.3 Å². The first-order valence-corrected chi connectivity index (χ1v) is 18.6. The highest BCUT2D eigenvalue weighted by atomic mass is 32.1. The van der Waals surface area contributed by atoms with Crippen LogP contribution in [0, 0.1) is 0 Å². The molecule has 1 nitrogen and oxygen atoms in total. The van der Waals surface area contributed by atoms with E-state index in [4.69, 9.17) is 0 Å². The first kappa shape index (κ1) is 30.2. The Kier molecular flexibility index (Phi) is 6.44. The van der Waals surface area contributed by atoms with Crippen LogP contribution < -0.4 is 4.90 Å². The molecular weight excluding hydrogens is 635 g/mol. The maximum Gasteiger partial charge on any atom is 0.0816 e. The number of anilines is 2. The molecule has 0 saturated carbocycles. The van der Waals surface area contributed by atoms with Crippen molar-refractivity contribution in [3.63, 3.8) is 0 Å². The second kappa shape index (κ2) is 10.9. The molecule has 0 bridgehead atoms. The molecule has 10 rings (SSSR count). The Bertz CT molecular complexity index is 2650. The molecule has 2 heteroatoms. The molecule has 3 aliphatic rings. The fourth-order valence-electron chi connectivity index (χ4n) is 9.41. The van der Waals surface area contributed by atoms with Crippen molar-refractivity contribution in [2.45, 2.75) is 31.6 Å². The van der Waals surface area contributed by atoms with Crippen LogP contribution in [0.15, 0.2) is 176 Å². The highest BCUT2D eigenvalue weighted by Gasteiger charge is 2.53. The second-order valence-electron chi connectivity index (χ2n) is 14.5. The summed E-state index contributed by atoms with van der Waals surface area (Å²) < 4.78 is 1.33. The van der Waals surface area contributed by atoms with E-state index in [1.807, 2.05) is 17.4 Å². The highest BCUT2D eigenvalue weighted by Crippen LogP contribution is 2.65. The first-order chi connectivity index (χ1) is 24.9. The molecule has 0 fully saturated rings. The van der Waals surface area contributed by atoms with Crippen molar-refractivity contribution in [1.82, 2.24) is 0 Å². The molecule has 3 aliphatic carbocycles. The summed E-state index contributed by atoms with van der Waals surface area (Å²) >= 11 is 1.95. The predicted molar refractivity (Wildman–Crippen MR) is 217 cm³/mol. The van der Waals surface area contributed by atoms with E-state index in [1.165, 1.54) is 76.2 Å². The topological polar surface area (TPSA) is 3.24 Å². The Morgan fingerprint density at radius 2 is 1.22 bits per heavy atom. The molecule has 0 radical (unpaired) electrons. The van der Waals surface area contributed by atoms with Crippen molar-refractivity contribution in [2.24, 2.45) is 0 Å². The zero-order chi connectivity index (χ0) is 34.5. The second-order valence-corrected chi connectivity index (χ2v) is 15.6. The molecule has 0 N–H and O–H groups in total. The summed E-state index contributed by atoms with van der Waals surface area (Å²) in [7, 11) is 0. The minimum atomic E-state index is -0.436. The van der Waals surface area contributed by atoms with E-state index in [2.05, 4.69) is 184 Å². The molecule has 1 atom stereocenters. The van der Waals surface area contributed by atoms with E-state index in [0.717, 1.165) is 17.1 Å². The van der Waals surface area contributed by atoms with E-state index in [9.17, 15) is 0 Å². The Morgan fingerprint density at radius 3 is 1.98 bits per heavy atom. The summed E-state index contributed by atoms with van der Waals surface area (Å²) in [6, 6.07) is 53.7. The summed E-state index contributed by atoms with van der Waals surface area (Å²) in [6.07, 6.45) is 4.49. The molecule has 1 unspecified atom stereocenters. The van der Waals surface area contributed by atoms with Crippen molar-refractivity contribution in [3.05, 3.63) is 208 Å². The SMILES string of the molecule is C=C/C(=C\C1=C(C)c2ccccc2C12c1ccccc1-c1c2sc2ccccc12)N(c1ccccc1)c1ccc2c(c1)C(C)(C)c1ccccc1-2. The number of hydrogen-bond donors (Lipinski definition) is 0. The van der Waals surface area contributed by atoms with Gasteiger partial charge < -0.3 is 4.90 Å². The van der Waals surface area contributed by atoms with E-state index >= 15 is 0 Å². The number of benzene rings is 6. The lowest BCUT2D eigenvalue weighted by atomic mass is 9.72. The summed E-state index contributed by atoms with van der Waals surface area (Å²) in [5.74, 6) is 0. The first-order valence-electron chi connectivity index (χ1n) is 17.8. The van der Waals surface area contributed by atoms with Crippen LogP contribution in [0.4, 0.5) is 11.4 Å². The van der Waals surface area contributed by atoms with Gasteiger partial charge in [-0.1, -0.05) is 136 Å². The number of nitrogens with zero attached hydrogens (tertiary/aromatic N) is 1. The van der Waals surface area contributed by atoms with E-state index in [-0.39, 0.29) is 5.41 Å². The predicted octanol–water partition coefficient (Wildman–Crippen LogP) is 13.2. The number of rotatable bonds is 5. The van der Waals surface area contributed by atoms with Gasteiger partial charge in [0.25, 0.3) is 0 Å². The van der Waals surface area contributed by atoms with E-state index < -0.39 is 5.41 Å². The maximum atomic E-state index is 4.49. The quantitative estimate of drug-likeness (QED) is 0.165. The average molecular weight is 672 g/mol. The zero-order valence-corrected chi connectivity index (χ0v) is 29.9. The Balaban J connectivity index is 1.24. The highest BCUT2D eigenvalue weighted by molar-refractivity contribution is 7.20. The lowest BCUT2D eigenvalue weighted by Gasteiger charge is -2.33. The summed E-state index contributed by atoms with van der Waals surface area (Å²) in [5.41, 5.74) is 17.5.